The van der Waals surface area contributed by atoms with Gasteiger partial charge in [-0.25, -0.2) is 13.6 Å². The maximum Gasteiger partial charge on any atom is 0.405 e. The Morgan fingerprint density at radius 2 is 1.29 bits per heavy atom. The summed E-state index contributed by atoms with van der Waals surface area (Å²) in [5.74, 6) is 2.30. The quantitative estimate of drug-likeness (QED) is 0.00912. The first-order valence-corrected chi connectivity index (χ1v) is 32.3. The zero-order valence-corrected chi connectivity index (χ0v) is 59.5. The predicted molar refractivity (Wildman–Crippen MR) is 368 cm³/mol. The van der Waals surface area contributed by atoms with Crippen molar-refractivity contribution in [2.24, 2.45) is 69.0 Å². The number of hydrogen-bond acceptors (Lipinski definition) is 14. The summed E-state index contributed by atoms with van der Waals surface area (Å²) in [6.45, 7) is 35.6. The molecular weight excluding hydrogens is 1220 g/mol. The highest BCUT2D eigenvalue weighted by Crippen LogP contribution is 2.33. The number of aryl methyl sites for hydroxylation is 2. The van der Waals surface area contributed by atoms with Crippen LogP contribution < -0.4 is 53.8 Å². The summed E-state index contributed by atoms with van der Waals surface area (Å²) < 4.78 is 65.4. The number of rotatable bonds is 17. The monoisotopic (exact) mass is 1330 g/mol. The van der Waals surface area contributed by atoms with Gasteiger partial charge in [0.2, 0.25) is 34.8 Å². The van der Waals surface area contributed by atoms with Crippen molar-refractivity contribution in [3.05, 3.63) is 67.3 Å². The molecule has 3 aromatic rings. The largest absolute Gasteiger partial charge is 0.405 e. The summed E-state index contributed by atoms with van der Waals surface area (Å²) in [5, 5.41) is 30.6. The molecule has 94 heavy (non-hydrogen) atoms. The third kappa shape index (κ3) is 36.0. The normalized spacial score (nSPS) is 14.3. The molecule has 2 atom stereocenters. The molecule has 3 saturated carbocycles. The highest BCUT2D eigenvalue weighted by atomic mass is 19.4. The standard InChI is InChI=1S/C11H18N2O2.C11H22.C10H11F2NO.C9H14N2O2.C8H11F3N2.C8H11NO2.C7H14N2.C5H9N3/c1-7(2)10(14)13(9-5-6-9)11(15)12-8-3-4-8;1-9(2)10(3)11-7-5-4-6-8-11;1-6(2)10(14)13-7-3-4-8(11)9(12)5-7;1-5(2)9(12)10-8-6(3)11-13-7(8)4;1-4-12-7(6(2)3)13-5-8(9,10)11;1-4(2)5-6(9-3)8(11)7(5)10;1-5-9-7(8-4)6(2)3;1-4(2)5(7)8-3-6/h7-9H,3-6H2,1-2H3,(H,12,15);9-11H,4-8H2,1-3H3;3-6H,1-2H3,(H,13,14);5H,1-4H3,(H,10,12);1,6H,5H2,2-3H3,(H,12,13);4,9H,1-3H3;1,6-9H,2-4H3;4H,1-2H3,(H2,7,8). The number of carbonyl (C=O) groups is 4. The van der Waals surface area contributed by atoms with Gasteiger partial charge in [0.05, 0.1) is 11.9 Å². The fraction of sp³-hybridized carbons (Fsp3) is 0.652. The molecule has 5 amide bonds. The van der Waals surface area contributed by atoms with Crippen molar-refractivity contribution in [2.75, 3.05) is 36.6 Å². The van der Waals surface area contributed by atoms with E-state index in [1.807, 2.05) is 68.5 Å². The van der Waals surface area contributed by atoms with E-state index in [1.165, 1.54) is 43.1 Å². The Bertz CT molecular complexity index is 3000. The number of benzene rings is 1. The number of alkyl halides is 3. The maximum atomic E-state index is 12.7. The lowest BCUT2D eigenvalue weighted by atomic mass is 9.76. The molecule has 6 rings (SSSR count). The van der Waals surface area contributed by atoms with E-state index in [0.717, 1.165) is 55.6 Å². The van der Waals surface area contributed by atoms with E-state index in [4.69, 9.17) is 28.4 Å². The molecule has 0 saturated heterocycles. The van der Waals surface area contributed by atoms with Crippen LogP contribution in [-0.4, -0.2) is 90.5 Å². The molecule has 9 N–H and O–H groups in total. The van der Waals surface area contributed by atoms with Crippen LogP contribution in [0.2, 0.25) is 0 Å². The van der Waals surface area contributed by atoms with Crippen LogP contribution in [-0.2, 0) is 14.4 Å². The Balaban J connectivity index is 0. The minimum absolute atomic E-state index is 0.0191. The molecule has 0 radical (unpaired) electrons. The van der Waals surface area contributed by atoms with Crippen molar-refractivity contribution in [3.8, 4) is 31.1 Å². The number of nitrogens with two attached hydrogens (primary N) is 1. The van der Waals surface area contributed by atoms with Crippen LogP contribution >= 0.6 is 0 Å². The lowest BCUT2D eigenvalue weighted by Crippen LogP contribution is -2.47. The average Bonchev–Trinajstić information content (AvgIpc) is 0.844. The van der Waals surface area contributed by atoms with E-state index in [-0.39, 0.29) is 93.8 Å². The number of amides is 5. The Morgan fingerprint density at radius 3 is 1.63 bits per heavy atom. The van der Waals surface area contributed by atoms with E-state index in [9.17, 15) is 50.7 Å². The van der Waals surface area contributed by atoms with Crippen LogP contribution in [0.1, 0.15) is 198 Å². The third-order valence-electron chi connectivity index (χ3n) is 14.7. The predicted octanol–water partition coefficient (Wildman–Crippen LogP) is 12.9. The minimum Gasteiger partial charge on any atom is -0.386 e. The lowest BCUT2D eigenvalue weighted by Gasteiger charge is -2.30. The first-order valence-electron chi connectivity index (χ1n) is 32.3. The van der Waals surface area contributed by atoms with Crippen molar-refractivity contribution >= 4 is 52.5 Å². The molecule has 3 aliphatic carbocycles. The number of urea groups is 1. The fourth-order valence-electron chi connectivity index (χ4n) is 8.21. The van der Waals surface area contributed by atoms with Crippen molar-refractivity contribution in [2.45, 2.75) is 220 Å². The molecule has 2 aromatic carbocycles. The Kier molecular flexibility index (Phi) is 42.7. The molecule has 1 heterocycles. The van der Waals surface area contributed by atoms with Gasteiger partial charge in [0.25, 0.3) is 0 Å². The topological polar surface area (TPSA) is 290 Å². The zero-order valence-electron chi connectivity index (χ0n) is 59.5. The Hall–Kier alpha value is -7.85. The van der Waals surface area contributed by atoms with Crippen LogP contribution in [0.25, 0.3) is 0 Å². The van der Waals surface area contributed by atoms with Gasteiger partial charge in [-0.15, -0.1) is 0 Å². The molecule has 3 fully saturated rings. The first-order chi connectivity index (χ1) is 43.7. The van der Waals surface area contributed by atoms with E-state index in [0.29, 0.717) is 46.2 Å². The van der Waals surface area contributed by atoms with Gasteiger partial charge >= 0.3 is 12.2 Å². The molecule has 1 aromatic heterocycles. The number of imide groups is 1. The van der Waals surface area contributed by atoms with Gasteiger partial charge in [-0.05, 0) is 88.3 Å². The lowest BCUT2D eigenvalue weighted by molar-refractivity contribution is -0.132. The molecular formula is C69H110F5N13O7. The number of aliphatic imine (C=N–C) groups is 2. The SMILES string of the molecule is C#CN=C(NCC(F)(F)F)C(C)C.C#CNC(NC)C(C)C.CC(C)C(=O)N(C(=O)NC1CC1)C1CC1.CC(C)C(=O)Nc1ccc(F)c(F)c1.CC(C)C(C)C1CCCCC1.CC(C)C(N)=NC#N.CNc1c(C(C)C)c(=O)c1=O.Cc1noc(C)c1NC(=O)C(C)C. The van der Waals surface area contributed by atoms with Gasteiger partial charge < -0.3 is 42.2 Å². The van der Waals surface area contributed by atoms with Crippen molar-refractivity contribution in [1.29, 1.82) is 5.26 Å². The highest BCUT2D eigenvalue weighted by molar-refractivity contribution is 5.96. The van der Waals surface area contributed by atoms with Crippen molar-refractivity contribution in [1.82, 2.24) is 31.3 Å². The summed E-state index contributed by atoms with van der Waals surface area (Å²) in [7, 11) is 3.54. The molecule has 528 valence electrons. The van der Waals surface area contributed by atoms with Crippen LogP contribution in [0.3, 0.4) is 0 Å². The van der Waals surface area contributed by atoms with Crippen LogP contribution in [0.4, 0.5) is 43.8 Å². The summed E-state index contributed by atoms with van der Waals surface area (Å²) >= 11 is 0. The zero-order chi connectivity index (χ0) is 72.9. The summed E-state index contributed by atoms with van der Waals surface area (Å²) in [6, 6.07) is 7.88. The van der Waals surface area contributed by atoms with Gasteiger partial charge in [-0.3, -0.25) is 34.2 Å². The van der Waals surface area contributed by atoms with Crippen LogP contribution in [0.15, 0.2) is 42.3 Å². The van der Waals surface area contributed by atoms with Gasteiger partial charge in [0, 0.05) is 78.1 Å². The number of carbonyl (C=O) groups excluding carboxylic acids is 4. The number of aromatic nitrogens is 1. The number of halogens is 5. The number of terminal acetylenes is 2. The number of nitrogens with zero attached hydrogens (tertiary/aromatic N) is 5. The number of hydrogen-bond donors (Lipinski definition) is 8. The van der Waals surface area contributed by atoms with Gasteiger partial charge in [-0.2, -0.15) is 28.4 Å². The number of nitrogens with one attached hydrogen (secondary N) is 7. The fourth-order valence-corrected chi connectivity index (χ4v) is 8.21. The first kappa shape index (κ1) is 88.2. The Morgan fingerprint density at radius 1 is 0.734 bits per heavy atom. The molecule has 2 unspecified atom stereocenters. The van der Waals surface area contributed by atoms with E-state index >= 15 is 0 Å². The highest BCUT2D eigenvalue weighted by Gasteiger charge is 2.39. The maximum absolute atomic E-state index is 12.7. The smallest absolute Gasteiger partial charge is 0.386 e. The van der Waals surface area contributed by atoms with E-state index in [1.54, 1.807) is 54.8 Å². The van der Waals surface area contributed by atoms with E-state index < -0.39 is 24.4 Å². The molecule has 25 heteroatoms. The molecule has 0 aliphatic heterocycles. The second-order valence-electron chi connectivity index (χ2n) is 25.6. The number of amidine groups is 2. The van der Waals surface area contributed by atoms with Crippen LogP contribution in [0, 0.1) is 115 Å². The second-order valence-corrected chi connectivity index (χ2v) is 25.6. The molecule has 0 spiro atoms. The van der Waals surface area contributed by atoms with Crippen LogP contribution in [0.5, 0.6) is 0 Å². The third-order valence-corrected chi connectivity index (χ3v) is 14.7. The summed E-state index contributed by atoms with van der Waals surface area (Å²) in [5.41, 5.74) is 7.35. The average molecular weight is 1330 g/mol. The second kappa shape index (κ2) is 45.5. The minimum atomic E-state index is -4.25. The van der Waals surface area contributed by atoms with E-state index in [2.05, 4.69) is 93.0 Å². The van der Waals surface area contributed by atoms with Crippen molar-refractivity contribution < 1.29 is 45.7 Å². The Labute approximate surface area is 556 Å². The molecule has 3 aliphatic rings. The summed E-state index contributed by atoms with van der Waals surface area (Å²) in [6.07, 6.45) is 19.0. The number of nitriles is 1. The molecule has 20 nitrogen and oxygen atoms in total. The summed E-state index contributed by atoms with van der Waals surface area (Å²) in [4.78, 5) is 76.1. The van der Waals surface area contributed by atoms with Gasteiger partial charge in [0.15, 0.2) is 17.4 Å². The van der Waals surface area contributed by atoms with Gasteiger partial charge in [0.1, 0.15) is 29.6 Å². The van der Waals surface area contributed by atoms with Crippen molar-refractivity contribution in [3.63, 3.8) is 0 Å². The van der Waals surface area contributed by atoms with Gasteiger partial charge in [-0.1, -0.05) is 168 Å². The number of anilines is 3. The molecule has 0 bridgehead atoms.